The number of nitrogens with one attached hydrogen (secondary N) is 1. The van der Waals surface area contributed by atoms with Crippen LogP contribution in [-0.2, 0) is 6.54 Å². The molecular formula is C16H21NO2S. The molecular weight excluding hydrogens is 270 g/mol. The molecule has 0 aliphatic rings. The van der Waals surface area contributed by atoms with Gasteiger partial charge < -0.3 is 14.8 Å². The molecule has 0 amide bonds. The molecule has 3 nitrogen and oxygen atoms in total. The van der Waals surface area contributed by atoms with Crippen molar-refractivity contribution in [1.82, 2.24) is 5.32 Å². The Kier molecular flexibility index (Phi) is 5.44. The van der Waals surface area contributed by atoms with Crippen molar-refractivity contribution in [2.75, 3.05) is 20.3 Å². The van der Waals surface area contributed by atoms with E-state index in [9.17, 15) is 0 Å². The summed E-state index contributed by atoms with van der Waals surface area (Å²) in [4.78, 5) is 2.71. The lowest BCUT2D eigenvalue weighted by Crippen LogP contribution is -2.20. The van der Waals surface area contributed by atoms with Gasteiger partial charge in [0.2, 0.25) is 0 Å². The zero-order valence-corrected chi connectivity index (χ0v) is 13.0. The smallest absolute Gasteiger partial charge is 0.161 e. The molecule has 1 heterocycles. The molecule has 0 aliphatic carbocycles. The Bertz CT molecular complexity index is 551. The van der Waals surface area contributed by atoms with E-state index in [2.05, 4.69) is 24.4 Å². The third-order valence-electron chi connectivity index (χ3n) is 2.95. The highest BCUT2D eigenvalue weighted by atomic mass is 32.1. The van der Waals surface area contributed by atoms with Gasteiger partial charge in [0.25, 0.3) is 0 Å². The molecule has 0 spiro atoms. The van der Waals surface area contributed by atoms with Gasteiger partial charge >= 0.3 is 0 Å². The average Bonchev–Trinajstić information content (AvgIpc) is 2.85. The van der Waals surface area contributed by atoms with Crippen molar-refractivity contribution in [3.8, 4) is 11.5 Å². The Morgan fingerprint density at radius 2 is 1.95 bits per heavy atom. The van der Waals surface area contributed by atoms with E-state index in [4.69, 9.17) is 9.47 Å². The Morgan fingerprint density at radius 3 is 2.65 bits per heavy atom. The maximum absolute atomic E-state index is 5.74. The van der Waals surface area contributed by atoms with Gasteiger partial charge in [0.15, 0.2) is 11.5 Å². The molecule has 0 atom stereocenters. The Labute approximate surface area is 124 Å². The minimum atomic E-state index is 0.629. The highest BCUT2D eigenvalue weighted by Crippen LogP contribution is 2.27. The quantitative estimate of drug-likeness (QED) is 0.791. The van der Waals surface area contributed by atoms with E-state index in [-0.39, 0.29) is 0 Å². The molecule has 0 bridgehead atoms. The number of thiophene rings is 1. The van der Waals surface area contributed by atoms with E-state index in [1.165, 1.54) is 15.3 Å². The zero-order valence-electron chi connectivity index (χ0n) is 12.2. The Hall–Kier alpha value is -1.52. The average molecular weight is 291 g/mol. The number of hydrogen-bond acceptors (Lipinski definition) is 4. The Morgan fingerprint density at radius 1 is 1.10 bits per heavy atom. The predicted molar refractivity (Wildman–Crippen MR) is 84.0 cm³/mol. The van der Waals surface area contributed by atoms with Gasteiger partial charge in [-0.1, -0.05) is 6.07 Å². The van der Waals surface area contributed by atoms with Gasteiger partial charge in [-0.05, 0) is 43.7 Å². The SMILES string of the molecule is COc1cc(C)ccc1OCCNCc1ccc(C)s1. The number of benzene rings is 1. The van der Waals surface area contributed by atoms with Crippen LogP contribution in [0.1, 0.15) is 15.3 Å². The lowest BCUT2D eigenvalue weighted by molar-refractivity contribution is 0.292. The van der Waals surface area contributed by atoms with Crippen molar-refractivity contribution in [3.05, 3.63) is 45.6 Å². The molecule has 0 aliphatic heterocycles. The highest BCUT2D eigenvalue weighted by Gasteiger charge is 2.03. The van der Waals surface area contributed by atoms with E-state index in [0.717, 1.165) is 24.6 Å². The first-order chi connectivity index (χ1) is 9.69. The topological polar surface area (TPSA) is 30.5 Å². The Balaban J connectivity index is 1.73. The van der Waals surface area contributed by atoms with Crippen molar-refractivity contribution in [2.45, 2.75) is 20.4 Å². The van der Waals surface area contributed by atoms with Crippen molar-refractivity contribution < 1.29 is 9.47 Å². The van der Waals surface area contributed by atoms with Gasteiger partial charge in [0.1, 0.15) is 6.61 Å². The number of rotatable bonds is 7. The van der Waals surface area contributed by atoms with E-state index in [1.54, 1.807) is 7.11 Å². The molecule has 1 aromatic carbocycles. The van der Waals surface area contributed by atoms with Crippen molar-refractivity contribution in [3.63, 3.8) is 0 Å². The van der Waals surface area contributed by atoms with Gasteiger partial charge in [0.05, 0.1) is 7.11 Å². The lowest BCUT2D eigenvalue weighted by Gasteiger charge is -2.11. The molecule has 108 valence electrons. The van der Waals surface area contributed by atoms with E-state index in [0.29, 0.717) is 6.61 Å². The van der Waals surface area contributed by atoms with E-state index >= 15 is 0 Å². The van der Waals surface area contributed by atoms with Crippen molar-refractivity contribution >= 4 is 11.3 Å². The first kappa shape index (κ1) is 14.9. The summed E-state index contributed by atoms with van der Waals surface area (Å²) in [5.41, 5.74) is 1.17. The highest BCUT2D eigenvalue weighted by molar-refractivity contribution is 7.11. The zero-order chi connectivity index (χ0) is 14.4. The second-order valence-electron chi connectivity index (χ2n) is 4.69. The summed E-state index contributed by atoms with van der Waals surface area (Å²) in [6, 6.07) is 10.3. The number of hydrogen-bond donors (Lipinski definition) is 1. The molecule has 0 unspecified atom stereocenters. The van der Waals surface area contributed by atoms with Crippen LogP contribution in [0.2, 0.25) is 0 Å². The molecule has 0 fully saturated rings. The fourth-order valence-corrected chi connectivity index (χ4v) is 2.78. The number of ether oxygens (including phenoxy) is 2. The largest absolute Gasteiger partial charge is 0.493 e. The third-order valence-corrected chi connectivity index (χ3v) is 3.95. The molecule has 0 radical (unpaired) electrons. The fourth-order valence-electron chi connectivity index (χ4n) is 1.92. The minimum Gasteiger partial charge on any atom is -0.493 e. The molecule has 4 heteroatoms. The lowest BCUT2D eigenvalue weighted by atomic mass is 10.2. The van der Waals surface area contributed by atoms with Crippen LogP contribution in [0.15, 0.2) is 30.3 Å². The van der Waals surface area contributed by atoms with Crippen molar-refractivity contribution in [1.29, 1.82) is 0 Å². The summed E-state index contributed by atoms with van der Waals surface area (Å²) < 4.78 is 11.1. The van der Waals surface area contributed by atoms with E-state index < -0.39 is 0 Å². The molecule has 1 N–H and O–H groups in total. The van der Waals surface area contributed by atoms with Crippen molar-refractivity contribution in [2.24, 2.45) is 0 Å². The summed E-state index contributed by atoms with van der Waals surface area (Å²) in [6.45, 7) is 6.50. The van der Waals surface area contributed by atoms with Crippen LogP contribution in [0.3, 0.4) is 0 Å². The summed E-state index contributed by atoms with van der Waals surface area (Å²) in [7, 11) is 1.67. The van der Waals surface area contributed by atoms with Gasteiger partial charge in [-0.2, -0.15) is 0 Å². The first-order valence-electron chi connectivity index (χ1n) is 6.72. The van der Waals surface area contributed by atoms with Gasteiger partial charge in [-0.15, -0.1) is 11.3 Å². The molecule has 1 aromatic heterocycles. The first-order valence-corrected chi connectivity index (χ1v) is 7.54. The molecule has 0 saturated heterocycles. The second-order valence-corrected chi connectivity index (χ2v) is 6.06. The molecule has 2 rings (SSSR count). The maximum Gasteiger partial charge on any atom is 0.161 e. The standard InChI is InChI=1S/C16H21NO2S/c1-12-4-7-15(16(10-12)18-3)19-9-8-17-11-14-6-5-13(2)20-14/h4-7,10,17H,8-9,11H2,1-3H3. The van der Waals surface area contributed by atoms with Crippen LogP contribution in [0.25, 0.3) is 0 Å². The number of methoxy groups -OCH3 is 1. The van der Waals surface area contributed by atoms with Gasteiger partial charge in [-0.3, -0.25) is 0 Å². The number of aryl methyl sites for hydroxylation is 2. The van der Waals surface area contributed by atoms with Crippen LogP contribution in [0, 0.1) is 13.8 Å². The maximum atomic E-state index is 5.74. The van der Waals surface area contributed by atoms with Crippen LogP contribution < -0.4 is 14.8 Å². The fraction of sp³-hybridized carbons (Fsp3) is 0.375. The molecule has 0 saturated carbocycles. The summed E-state index contributed by atoms with van der Waals surface area (Å²) >= 11 is 1.83. The summed E-state index contributed by atoms with van der Waals surface area (Å²) in [5, 5.41) is 3.38. The second kappa shape index (κ2) is 7.31. The monoisotopic (exact) mass is 291 g/mol. The van der Waals surface area contributed by atoms with Crippen LogP contribution >= 0.6 is 11.3 Å². The normalized spacial score (nSPS) is 10.6. The summed E-state index contributed by atoms with van der Waals surface area (Å²) in [5.74, 6) is 1.59. The predicted octanol–water partition coefficient (Wildman–Crippen LogP) is 3.54. The third kappa shape index (κ3) is 4.25. The molecule has 2 aromatic rings. The van der Waals surface area contributed by atoms with Gasteiger partial charge in [0, 0.05) is 22.8 Å². The molecule has 20 heavy (non-hydrogen) atoms. The minimum absolute atomic E-state index is 0.629. The summed E-state index contributed by atoms with van der Waals surface area (Å²) in [6.07, 6.45) is 0. The van der Waals surface area contributed by atoms with E-state index in [1.807, 2.05) is 36.5 Å². The van der Waals surface area contributed by atoms with Crippen LogP contribution in [0.4, 0.5) is 0 Å². The van der Waals surface area contributed by atoms with Gasteiger partial charge in [-0.25, -0.2) is 0 Å². The van der Waals surface area contributed by atoms with Crippen LogP contribution in [-0.4, -0.2) is 20.3 Å². The van der Waals surface area contributed by atoms with Crippen LogP contribution in [0.5, 0.6) is 11.5 Å².